The van der Waals surface area contributed by atoms with Gasteiger partial charge >= 0.3 is 11.9 Å². The first-order valence-electron chi connectivity index (χ1n) is 3.50. The zero-order valence-electron chi connectivity index (χ0n) is 6.58. The van der Waals surface area contributed by atoms with Gasteiger partial charge < -0.3 is 10.5 Å². The normalized spacial score (nSPS) is 11.2. The molecule has 4 nitrogen and oxygen atoms in total. The Labute approximate surface area is 72.8 Å². The van der Waals surface area contributed by atoms with Crippen molar-refractivity contribution in [3.05, 3.63) is 24.5 Å². The molecule has 0 aliphatic carbocycles. The highest BCUT2D eigenvalue weighted by molar-refractivity contribution is 5.75. The summed E-state index contributed by atoms with van der Waals surface area (Å²) >= 11 is 0. The van der Waals surface area contributed by atoms with Gasteiger partial charge in [0, 0.05) is 12.4 Å². The zero-order chi connectivity index (χ0) is 9.90. The smallest absolute Gasteiger partial charge is 0.376 e. The maximum atomic E-state index is 12.5. The van der Waals surface area contributed by atoms with E-state index in [1.165, 1.54) is 17.1 Å². The fourth-order valence-electron chi connectivity index (χ4n) is 0.706. The van der Waals surface area contributed by atoms with Gasteiger partial charge in [0.2, 0.25) is 0 Å². The summed E-state index contributed by atoms with van der Waals surface area (Å²) in [5.74, 6) is -5.88. The van der Waals surface area contributed by atoms with Crippen molar-refractivity contribution < 1.29 is 18.7 Å². The molecule has 0 unspecified atom stereocenters. The summed E-state index contributed by atoms with van der Waals surface area (Å²) in [5.41, 5.74) is 2.23. The summed E-state index contributed by atoms with van der Waals surface area (Å²) in [7, 11) is 0. The van der Waals surface area contributed by atoms with E-state index in [9.17, 15) is 13.6 Å². The van der Waals surface area contributed by atoms with E-state index in [4.69, 9.17) is 5.11 Å². The summed E-state index contributed by atoms with van der Waals surface area (Å²) in [6.07, 6.45) is 3.00. The molecule has 1 aromatic rings. The molecule has 13 heavy (non-hydrogen) atoms. The molecular formula is C7H8F2N2O2. The second-order valence-corrected chi connectivity index (χ2v) is 2.43. The summed E-state index contributed by atoms with van der Waals surface area (Å²) in [6.45, 7) is -0.934. The Morgan fingerprint density at radius 3 is 2.46 bits per heavy atom. The minimum Gasteiger partial charge on any atom is -0.477 e. The third-order valence-corrected chi connectivity index (χ3v) is 1.40. The van der Waals surface area contributed by atoms with E-state index in [1.807, 2.05) is 0 Å². The zero-order valence-corrected chi connectivity index (χ0v) is 6.58. The lowest BCUT2D eigenvalue weighted by atomic mass is 10.3. The Hall–Kier alpha value is -1.59. The summed E-state index contributed by atoms with van der Waals surface area (Å²) in [4.78, 5) is 9.98. The second kappa shape index (κ2) is 3.42. The predicted octanol–water partition coefficient (Wildman–Crippen LogP) is 0.752. The number of halogens is 2. The minimum atomic E-state index is -3.75. The highest BCUT2D eigenvalue weighted by Crippen LogP contribution is 2.11. The Bertz CT molecular complexity index is 285. The van der Waals surface area contributed by atoms with Crippen LogP contribution in [0.3, 0.4) is 0 Å². The molecule has 0 aromatic carbocycles. The molecule has 0 atom stereocenters. The Kier molecular flexibility index (Phi) is 2.50. The highest BCUT2D eigenvalue weighted by atomic mass is 19.3. The van der Waals surface area contributed by atoms with E-state index in [0.717, 1.165) is 0 Å². The van der Waals surface area contributed by atoms with Gasteiger partial charge in [0.1, 0.15) is 6.54 Å². The third-order valence-electron chi connectivity index (χ3n) is 1.40. The predicted molar refractivity (Wildman–Crippen MR) is 41.2 cm³/mol. The van der Waals surface area contributed by atoms with E-state index >= 15 is 0 Å². The van der Waals surface area contributed by atoms with E-state index in [1.54, 1.807) is 12.1 Å². The van der Waals surface area contributed by atoms with E-state index in [2.05, 4.69) is 5.43 Å². The monoisotopic (exact) mass is 190 g/mol. The van der Waals surface area contributed by atoms with Crippen molar-refractivity contribution in [1.29, 1.82) is 0 Å². The molecular weight excluding hydrogens is 182 g/mol. The first-order valence-corrected chi connectivity index (χ1v) is 3.50. The van der Waals surface area contributed by atoms with E-state index in [0.29, 0.717) is 0 Å². The minimum absolute atomic E-state index is 0.934. The van der Waals surface area contributed by atoms with Crippen molar-refractivity contribution in [3.63, 3.8) is 0 Å². The number of hydrogen-bond donors (Lipinski definition) is 2. The fourth-order valence-corrected chi connectivity index (χ4v) is 0.706. The largest absolute Gasteiger partial charge is 0.477 e. The van der Waals surface area contributed by atoms with Crippen LogP contribution in [-0.4, -0.2) is 28.2 Å². The standard InChI is InChI=1S/C7H8F2N2O2/c8-7(9,6(12)13)5-10-11-3-1-2-4-11/h1-4,10H,5H2,(H,12,13). The third kappa shape index (κ3) is 2.43. The van der Waals surface area contributed by atoms with Crippen LogP contribution in [0.5, 0.6) is 0 Å². The summed E-state index contributed by atoms with van der Waals surface area (Å²) < 4.78 is 26.2. The maximum absolute atomic E-state index is 12.5. The molecule has 0 fully saturated rings. The molecule has 6 heteroatoms. The number of nitrogens with one attached hydrogen (secondary N) is 1. The molecule has 0 bridgehead atoms. The molecule has 1 heterocycles. The number of alkyl halides is 2. The number of aromatic nitrogens is 1. The Morgan fingerprint density at radius 1 is 1.46 bits per heavy atom. The van der Waals surface area contributed by atoms with Crippen molar-refractivity contribution in [1.82, 2.24) is 4.68 Å². The van der Waals surface area contributed by atoms with Gasteiger partial charge in [-0.2, -0.15) is 8.78 Å². The molecule has 0 saturated heterocycles. The number of carboxylic acid groups (broad SMARTS) is 1. The number of nitrogens with zero attached hydrogens (tertiary/aromatic N) is 1. The average Bonchev–Trinajstić information content (AvgIpc) is 2.52. The van der Waals surface area contributed by atoms with Crippen molar-refractivity contribution in [3.8, 4) is 0 Å². The van der Waals surface area contributed by atoms with E-state index in [-0.39, 0.29) is 0 Å². The molecule has 2 N–H and O–H groups in total. The van der Waals surface area contributed by atoms with Gasteiger partial charge in [0.15, 0.2) is 0 Å². The van der Waals surface area contributed by atoms with Crippen LogP contribution in [0, 0.1) is 0 Å². The number of carbonyl (C=O) groups is 1. The van der Waals surface area contributed by atoms with Crippen molar-refractivity contribution in [2.24, 2.45) is 0 Å². The van der Waals surface area contributed by atoms with Crippen LogP contribution in [0.25, 0.3) is 0 Å². The summed E-state index contributed by atoms with van der Waals surface area (Å²) in [6, 6.07) is 3.26. The SMILES string of the molecule is O=C(O)C(F)(F)CNn1cccc1. The van der Waals surface area contributed by atoms with Crippen LogP contribution in [0.4, 0.5) is 8.78 Å². The van der Waals surface area contributed by atoms with Gasteiger partial charge in [0.25, 0.3) is 0 Å². The molecule has 0 amide bonds. The van der Waals surface area contributed by atoms with Crippen LogP contribution in [0.1, 0.15) is 0 Å². The number of rotatable bonds is 4. The topological polar surface area (TPSA) is 54.3 Å². The molecule has 0 aliphatic rings. The van der Waals surface area contributed by atoms with E-state index < -0.39 is 18.4 Å². The van der Waals surface area contributed by atoms with Gasteiger partial charge in [-0.05, 0) is 12.1 Å². The summed E-state index contributed by atoms with van der Waals surface area (Å²) in [5, 5.41) is 8.07. The van der Waals surface area contributed by atoms with Crippen molar-refractivity contribution in [2.75, 3.05) is 12.0 Å². The molecule has 1 aromatic heterocycles. The van der Waals surface area contributed by atoms with Crippen molar-refractivity contribution in [2.45, 2.75) is 5.92 Å². The Morgan fingerprint density at radius 2 is 2.00 bits per heavy atom. The quantitative estimate of drug-likeness (QED) is 0.736. The molecule has 1 rings (SSSR count). The lowest BCUT2D eigenvalue weighted by molar-refractivity contribution is -0.162. The lowest BCUT2D eigenvalue weighted by Crippen LogP contribution is -2.38. The molecule has 0 aliphatic heterocycles. The molecule has 0 spiro atoms. The van der Waals surface area contributed by atoms with Gasteiger partial charge in [-0.3, -0.25) is 4.68 Å². The second-order valence-electron chi connectivity index (χ2n) is 2.43. The molecule has 0 radical (unpaired) electrons. The van der Waals surface area contributed by atoms with Crippen LogP contribution < -0.4 is 5.43 Å². The Balaban J connectivity index is 2.47. The van der Waals surface area contributed by atoms with Gasteiger partial charge in [-0.15, -0.1) is 0 Å². The first kappa shape index (κ1) is 9.50. The van der Waals surface area contributed by atoms with Gasteiger partial charge in [-0.1, -0.05) is 0 Å². The first-order chi connectivity index (χ1) is 6.02. The fraction of sp³-hybridized carbons (Fsp3) is 0.286. The molecule has 0 saturated carbocycles. The van der Waals surface area contributed by atoms with Crippen LogP contribution in [0.15, 0.2) is 24.5 Å². The van der Waals surface area contributed by atoms with Crippen LogP contribution in [-0.2, 0) is 4.79 Å². The molecule has 72 valence electrons. The van der Waals surface area contributed by atoms with Gasteiger partial charge in [-0.25, -0.2) is 4.79 Å². The average molecular weight is 190 g/mol. The highest BCUT2D eigenvalue weighted by Gasteiger charge is 2.38. The number of hydrogen-bond acceptors (Lipinski definition) is 2. The van der Waals surface area contributed by atoms with Crippen LogP contribution in [0.2, 0.25) is 0 Å². The lowest BCUT2D eigenvalue weighted by Gasteiger charge is -2.13. The van der Waals surface area contributed by atoms with Gasteiger partial charge in [0.05, 0.1) is 0 Å². The maximum Gasteiger partial charge on any atom is 0.376 e. The number of aliphatic carboxylic acids is 1. The number of carboxylic acids is 1. The van der Waals surface area contributed by atoms with Crippen molar-refractivity contribution >= 4 is 5.97 Å². The van der Waals surface area contributed by atoms with Crippen LogP contribution >= 0.6 is 0 Å².